The number of fused-ring (bicyclic) bond motifs is 3. The molecule has 0 amide bonds. The van der Waals surface area contributed by atoms with Crippen molar-refractivity contribution < 1.29 is 32.0 Å². The highest BCUT2D eigenvalue weighted by Gasteiger charge is 2.32. The van der Waals surface area contributed by atoms with E-state index in [-0.39, 0.29) is 23.3 Å². The van der Waals surface area contributed by atoms with Crippen LogP contribution in [0.1, 0.15) is 42.5 Å². The predicted molar refractivity (Wildman–Crippen MR) is 146 cm³/mol. The van der Waals surface area contributed by atoms with Crippen LogP contribution in [-0.2, 0) is 16.0 Å². The summed E-state index contributed by atoms with van der Waals surface area (Å²) < 4.78 is 53.8. The first kappa shape index (κ1) is 27.5. The van der Waals surface area contributed by atoms with Gasteiger partial charge >= 0.3 is 12.3 Å². The summed E-state index contributed by atoms with van der Waals surface area (Å²) in [7, 11) is -1.78. The summed E-state index contributed by atoms with van der Waals surface area (Å²) >= 11 is 0. The van der Waals surface area contributed by atoms with Crippen LogP contribution in [0.2, 0.25) is 19.6 Å². The fourth-order valence-corrected chi connectivity index (χ4v) is 5.34. The van der Waals surface area contributed by atoms with Gasteiger partial charge in [-0.2, -0.15) is 4.98 Å². The zero-order chi connectivity index (χ0) is 28.7. The van der Waals surface area contributed by atoms with Gasteiger partial charge < -0.3 is 19.0 Å². The Morgan fingerprint density at radius 2 is 1.98 bits per heavy atom. The first-order valence-electron chi connectivity index (χ1n) is 13.0. The van der Waals surface area contributed by atoms with Gasteiger partial charge in [0, 0.05) is 39.2 Å². The summed E-state index contributed by atoms with van der Waals surface area (Å²) in [6.07, 6.45) is -2.85. The number of carbonyl (C=O) groups excluding carboxylic acids is 1. The molecule has 1 unspecified atom stereocenters. The molecule has 0 aliphatic heterocycles. The van der Waals surface area contributed by atoms with E-state index in [4.69, 9.17) is 9.26 Å². The van der Waals surface area contributed by atoms with Crippen molar-refractivity contribution in [3.63, 3.8) is 0 Å². The molecule has 4 aromatic rings. The third kappa shape index (κ3) is 6.23. The standard InChI is InChI=1S/C29H28F3N3O4Si/c1-5-37-25(36)16-18-6-8-22-23-15-19(7-9-24(23)33-26(18)22)27-34-28(39-35-27)20-12-17(10-11-40(2,3)4)13-21(14-20)38-29(30,31)32/h7,9,12-15,18,33H,5-6,8,16H2,1-4H3. The first-order valence-corrected chi connectivity index (χ1v) is 16.5. The number of aryl methyl sites for hydroxylation is 1. The number of nitrogens with zero attached hydrogens (tertiary/aromatic N) is 2. The molecule has 208 valence electrons. The van der Waals surface area contributed by atoms with Crippen LogP contribution in [0.25, 0.3) is 33.7 Å². The minimum Gasteiger partial charge on any atom is -0.466 e. The number of benzene rings is 2. The molecule has 2 aromatic carbocycles. The molecular formula is C29H28F3N3O4Si. The minimum absolute atomic E-state index is 0.0487. The monoisotopic (exact) mass is 567 g/mol. The van der Waals surface area contributed by atoms with Crippen LogP contribution in [0.3, 0.4) is 0 Å². The Labute approximate surface area is 230 Å². The summed E-state index contributed by atoms with van der Waals surface area (Å²) in [5.74, 6) is 2.76. The van der Waals surface area contributed by atoms with Crippen LogP contribution < -0.4 is 4.74 Å². The highest BCUT2D eigenvalue weighted by Crippen LogP contribution is 2.40. The van der Waals surface area contributed by atoms with Gasteiger partial charge in [-0.05, 0) is 61.7 Å². The number of H-pyrrole nitrogens is 1. The predicted octanol–water partition coefficient (Wildman–Crippen LogP) is 7.00. The Kier molecular flexibility index (Phi) is 7.22. The van der Waals surface area contributed by atoms with Gasteiger partial charge in [0.1, 0.15) is 13.8 Å². The number of aromatic nitrogens is 3. The average molecular weight is 568 g/mol. The number of hydrogen-bond acceptors (Lipinski definition) is 6. The van der Waals surface area contributed by atoms with E-state index in [0.717, 1.165) is 35.0 Å². The largest absolute Gasteiger partial charge is 0.573 e. The fraction of sp³-hybridized carbons (Fsp3) is 0.345. The van der Waals surface area contributed by atoms with E-state index in [1.165, 1.54) is 12.1 Å². The van der Waals surface area contributed by atoms with E-state index in [1.54, 1.807) is 13.0 Å². The number of esters is 1. The summed E-state index contributed by atoms with van der Waals surface area (Å²) in [6.45, 7) is 8.27. The van der Waals surface area contributed by atoms with Gasteiger partial charge in [0.2, 0.25) is 5.82 Å². The van der Waals surface area contributed by atoms with E-state index in [1.807, 2.05) is 37.8 Å². The molecular weight excluding hydrogens is 539 g/mol. The lowest BCUT2D eigenvalue weighted by atomic mass is 10.0. The number of nitrogens with one attached hydrogen (secondary N) is 1. The van der Waals surface area contributed by atoms with Crippen molar-refractivity contribution in [1.82, 2.24) is 15.1 Å². The number of alkyl halides is 3. The number of aromatic amines is 1. The van der Waals surface area contributed by atoms with E-state index in [0.29, 0.717) is 30.0 Å². The first-order chi connectivity index (χ1) is 18.9. The Balaban J connectivity index is 1.46. The van der Waals surface area contributed by atoms with Gasteiger partial charge in [-0.3, -0.25) is 4.79 Å². The Hall–Kier alpha value is -4.04. The van der Waals surface area contributed by atoms with Crippen molar-refractivity contribution in [2.45, 2.75) is 58.1 Å². The van der Waals surface area contributed by atoms with Crippen LogP contribution in [0.15, 0.2) is 40.9 Å². The molecule has 1 N–H and O–H groups in total. The highest BCUT2D eigenvalue weighted by atomic mass is 28.3. The molecule has 1 atom stereocenters. The third-order valence-electron chi connectivity index (χ3n) is 6.46. The summed E-state index contributed by atoms with van der Waals surface area (Å²) in [4.78, 5) is 20.0. The lowest BCUT2D eigenvalue weighted by molar-refractivity contribution is -0.274. The molecule has 2 heterocycles. The molecule has 0 bridgehead atoms. The zero-order valence-electron chi connectivity index (χ0n) is 22.5. The highest BCUT2D eigenvalue weighted by molar-refractivity contribution is 6.83. The molecule has 7 nitrogen and oxygen atoms in total. The number of halogens is 3. The van der Waals surface area contributed by atoms with Crippen molar-refractivity contribution in [2.75, 3.05) is 6.61 Å². The lowest BCUT2D eigenvalue weighted by Crippen LogP contribution is -2.17. The maximum absolute atomic E-state index is 13.0. The van der Waals surface area contributed by atoms with Crippen molar-refractivity contribution in [3.05, 3.63) is 53.2 Å². The Morgan fingerprint density at radius 3 is 2.70 bits per heavy atom. The minimum atomic E-state index is -4.86. The van der Waals surface area contributed by atoms with Gasteiger partial charge in [0.15, 0.2) is 0 Å². The summed E-state index contributed by atoms with van der Waals surface area (Å²) in [5, 5.41) is 5.10. The van der Waals surface area contributed by atoms with Crippen molar-refractivity contribution in [1.29, 1.82) is 0 Å². The topological polar surface area (TPSA) is 90.2 Å². The number of ether oxygens (including phenoxy) is 2. The Bertz CT molecular complexity index is 1640. The molecule has 0 fully saturated rings. The van der Waals surface area contributed by atoms with E-state index in [9.17, 15) is 18.0 Å². The van der Waals surface area contributed by atoms with Crippen molar-refractivity contribution in [2.24, 2.45) is 0 Å². The average Bonchev–Trinajstić information content (AvgIpc) is 3.58. The molecule has 2 aromatic heterocycles. The molecule has 0 spiro atoms. The van der Waals surface area contributed by atoms with Gasteiger partial charge in [-0.1, -0.05) is 30.7 Å². The maximum Gasteiger partial charge on any atom is 0.573 e. The molecule has 40 heavy (non-hydrogen) atoms. The molecule has 11 heteroatoms. The number of hydrogen-bond donors (Lipinski definition) is 1. The van der Waals surface area contributed by atoms with Crippen LogP contribution in [0.5, 0.6) is 5.75 Å². The molecule has 5 rings (SSSR count). The smallest absolute Gasteiger partial charge is 0.466 e. The molecule has 0 saturated heterocycles. The number of rotatable bonds is 6. The molecule has 1 aliphatic carbocycles. The number of carbonyl (C=O) groups is 1. The maximum atomic E-state index is 13.0. The van der Waals surface area contributed by atoms with Crippen LogP contribution in [0, 0.1) is 11.5 Å². The summed E-state index contributed by atoms with van der Waals surface area (Å²) in [6, 6.07) is 9.78. The molecule has 0 saturated carbocycles. The fourth-order valence-electron chi connectivity index (χ4n) is 4.82. The van der Waals surface area contributed by atoms with E-state index < -0.39 is 20.2 Å². The van der Waals surface area contributed by atoms with Crippen molar-refractivity contribution >= 4 is 24.9 Å². The Morgan fingerprint density at radius 1 is 1.18 bits per heavy atom. The SMILES string of the molecule is CCOC(=O)CC1CCc2c1[nH]c1ccc(-c3noc(-c4cc(C#C[Si](C)(C)C)cc(OC(F)(F)F)c4)n3)cc21. The van der Waals surface area contributed by atoms with Crippen LogP contribution in [0.4, 0.5) is 13.2 Å². The van der Waals surface area contributed by atoms with Crippen LogP contribution in [-0.4, -0.2) is 42.1 Å². The van der Waals surface area contributed by atoms with Crippen LogP contribution >= 0.6 is 0 Å². The van der Waals surface area contributed by atoms with Crippen molar-refractivity contribution in [3.8, 4) is 40.1 Å². The molecule has 0 radical (unpaired) electrons. The van der Waals surface area contributed by atoms with Gasteiger partial charge in [-0.15, -0.1) is 18.7 Å². The second-order valence-electron chi connectivity index (χ2n) is 10.7. The van der Waals surface area contributed by atoms with E-state index >= 15 is 0 Å². The van der Waals surface area contributed by atoms with Gasteiger partial charge in [0.25, 0.3) is 5.89 Å². The zero-order valence-corrected chi connectivity index (χ0v) is 23.5. The van der Waals surface area contributed by atoms with Gasteiger partial charge in [-0.25, -0.2) is 0 Å². The van der Waals surface area contributed by atoms with Gasteiger partial charge in [0.05, 0.1) is 13.0 Å². The van der Waals surface area contributed by atoms with E-state index in [2.05, 4.69) is 31.3 Å². The second-order valence-corrected chi connectivity index (χ2v) is 15.5. The third-order valence-corrected chi connectivity index (χ3v) is 7.34. The quantitative estimate of drug-likeness (QED) is 0.153. The normalized spacial score (nSPS) is 15.0. The molecule has 1 aliphatic rings. The lowest BCUT2D eigenvalue weighted by Gasteiger charge is -2.10. The summed E-state index contributed by atoms with van der Waals surface area (Å²) in [5.41, 5.74) is 7.61. The second kappa shape index (κ2) is 10.5.